The first-order valence-electron chi connectivity index (χ1n) is 6.40. The van der Waals surface area contributed by atoms with Gasteiger partial charge in [-0.1, -0.05) is 11.6 Å². The molecule has 1 saturated carbocycles. The standard InChI is InChI=1S/C14H13ClN2O3/c15-13-5-3-10(17(18)19)7-12(13)14-6-4-11(20-14)8-16-9-1-2-9/h3-7,9,16H,1-2,8H2. The molecule has 1 fully saturated rings. The Labute approximate surface area is 120 Å². The van der Waals surface area contributed by atoms with Crippen LogP contribution in [0, 0.1) is 10.1 Å². The van der Waals surface area contributed by atoms with Crippen LogP contribution in [0.25, 0.3) is 11.3 Å². The van der Waals surface area contributed by atoms with E-state index < -0.39 is 4.92 Å². The number of furan rings is 1. The van der Waals surface area contributed by atoms with Crippen LogP contribution in [-0.2, 0) is 6.54 Å². The molecule has 0 aliphatic heterocycles. The van der Waals surface area contributed by atoms with Crippen molar-refractivity contribution in [1.82, 2.24) is 5.32 Å². The van der Waals surface area contributed by atoms with Crippen LogP contribution in [0.5, 0.6) is 0 Å². The summed E-state index contributed by atoms with van der Waals surface area (Å²) in [5, 5.41) is 14.6. The van der Waals surface area contributed by atoms with Crippen LogP contribution in [-0.4, -0.2) is 11.0 Å². The summed E-state index contributed by atoms with van der Waals surface area (Å²) in [7, 11) is 0. The van der Waals surface area contributed by atoms with E-state index in [1.54, 1.807) is 6.07 Å². The van der Waals surface area contributed by atoms with Gasteiger partial charge in [-0.15, -0.1) is 0 Å². The maximum absolute atomic E-state index is 10.8. The first-order chi connectivity index (χ1) is 9.63. The van der Waals surface area contributed by atoms with Gasteiger partial charge in [0.05, 0.1) is 16.5 Å². The van der Waals surface area contributed by atoms with Crippen LogP contribution in [0.3, 0.4) is 0 Å². The highest BCUT2D eigenvalue weighted by Gasteiger charge is 2.21. The summed E-state index contributed by atoms with van der Waals surface area (Å²) >= 11 is 6.08. The Balaban J connectivity index is 1.83. The van der Waals surface area contributed by atoms with Crippen LogP contribution in [0.4, 0.5) is 5.69 Å². The van der Waals surface area contributed by atoms with E-state index in [-0.39, 0.29) is 5.69 Å². The second-order valence-electron chi connectivity index (χ2n) is 4.84. The van der Waals surface area contributed by atoms with Gasteiger partial charge in [-0.05, 0) is 31.0 Å². The lowest BCUT2D eigenvalue weighted by Gasteiger charge is -2.02. The molecule has 1 aliphatic carbocycles. The Morgan fingerprint density at radius 2 is 2.15 bits per heavy atom. The van der Waals surface area contributed by atoms with Crippen LogP contribution >= 0.6 is 11.6 Å². The van der Waals surface area contributed by atoms with Gasteiger partial charge in [0.25, 0.3) is 5.69 Å². The van der Waals surface area contributed by atoms with E-state index in [2.05, 4.69) is 5.32 Å². The molecule has 0 amide bonds. The van der Waals surface area contributed by atoms with Gasteiger partial charge in [-0.2, -0.15) is 0 Å². The summed E-state index contributed by atoms with van der Waals surface area (Å²) in [6.45, 7) is 0.664. The Hall–Kier alpha value is -1.85. The average molecular weight is 293 g/mol. The fourth-order valence-corrected chi connectivity index (χ4v) is 2.18. The highest BCUT2D eigenvalue weighted by molar-refractivity contribution is 6.33. The molecule has 0 spiro atoms. The minimum atomic E-state index is -0.446. The topological polar surface area (TPSA) is 68.3 Å². The smallest absolute Gasteiger partial charge is 0.270 e. The molecule has 1 aromatic heterocycles. The predicted octanol–water partition coefficient (Wildman–Crippen LogP) is 3.76. The Bertz CT molecular complexity index is 650. The van der Waals surface area contributed by atoms with Crippen molar-refractivity contribution >= 4 is 17.3 Å². The molecule has 0 unspecified atom stereocenters. The first kappa shape index (κ1) is 13.1. The van der Waals surface area contributed by atoms with Gasteiger partial charge in [-0.3, -0.25) is 10.1 Å². The number of nitro groups is 1. The van der Waals surface area contributed by atoms with E-state index in [0.717, 1.165) is 5.76 Å². The van der Waals surface area contributed by atoms with Crippen molar-refractivity contribution in [3.63, 3.8) is 0 Å². The number of nitrogens with zero attached hydrogens (tertiary/aromatic N) is 1. The van der Waals surface area contributed by atoms with E-state index >= 15 is 0 Å². The summed E-state index contributed by atoms with van der Waals surface area (Å²) in [5.41, 5.74) is 0.539. The van der Waals surface area contributed by atoms with E-state index in [1.165, 1.54) is 31.0 Å². The number of hydrogen-bond acceptors (Lipinski definition) is 4. The Morgan fingerprint density at radius 1 is 1.35 bits per heavy atom. The number of benzene rings is 1. The van der Waals surface area contributed by atoms with Gasteiger partial charge in [0, 0.05) is 23.7 Å². The highest BCUT2D eigenvalue weighted by Crippen LogP contribution is 2.32. The van der Waals surface area contributed by atoms with Crippen molar-refractivity contribution in [2.75, 3.05) is 0 Å². The minimum absolute atomic E-state index is 0.00143. The fraction of sp³-hybridized carbons (Fsp3) is 0.286. The molecule has 1 aliphatic rings. The largest absolute Gasteiger partial charge is 0.460 e. The van der Waals surface area contributed by atoms with E-state index in [1.807, 2.05) is 6.07 Å². The Kier molecular flexibility index (Phi) is 3.46. The van der Waals surface area contributed by atoms with Gasteiger partial charge < -0.3 is 9.73 Å². The van der Waals surface area contributed by atoms with E-state index in [9.17, 15) is 10.1 Å². The van der Waals surface area contributed by atoms with Crippen molar-refractivity contribution in [2.45, 2.75) is 25.4 Å². The molecule has 0 saturated heterocycles. The SMILES string of the molecule is O=[N+]([O-])c1ccc(Cl)c(-c2ccc(CNC3CC3)o2)c1. The lowest BCUT2D eigenvalue weighted by Crippen LogP contribution is -2.14. The van der Waals surface area contributed by atoms with Crippen LogP contribution in [0.2, 0.25) is 5.02 Å². The van der Waals surface area contributed by atoms with Gasteiger partial charge in [0.1, 0.15) is 11.5 Å². The molecule has 6 heteroatoms. The van der Waals surface area contributed by atoms with Crippen LogP contribution < -0.4 is 5.32 Å². The maximum Gasteiger partial charge on any atom is 0.270 e. The second-order valence-corrected chi connectivity index (χ2v) is 5.25. The quantitative estimate of drug-likeness (QED) is 0.673. The van der Waals surface area contributed by atoms with Gasteiger partial charge >= 0.3 is 0 Å². The predicted molar refractivity (Wildman–Crippen MR) is 75.7 cm³/mol. The van der Waals surface area contributed by atoms with Crippen LogP contribution in [0.15, 0.2) is 34.7 Å². The highest BCUT2D eigenvalue weighted by atomic mass is 35.5. The lowest BCUT2D eigenvalue weighted by atomic mass is 10.1. The molecule has 1 N–H and O–H groups in total. The monoisotopic (exact) mass is 292 g/mol. The van der Waals surface area contributed by atoms with Crippen molar-refractivity contribution < 1.29 is 9.34 Å². The second kappa shape index (κ2) is 5.26. The summed E-state index contributed by atoms with van der Waals surface area (Å²) in [4.78, 5) is 10.4. The molecule has 0 atom stereocenters. The van der Waals surface area contributed by atoms with E-state index in [0.29, 0.717) is 28.9 Å². The molecule has 1 heterocycles. The molecule has 1 aromatic carbocycles. The third-order valence-corrected chi connectivity index (χ3v) is 3.56. The zero-order valence-electron chi connectivity index (χ0n) is 10.6. The number of non-ortho nitro benzene ring substituents is 1. The summed E-state index contributed by atoms with van der Waals surface area (Å²) < 4.78 is 5.69. The van der Waals surface area contributed by atoms with Gasteiger partial charge in [-0.25, -0.2) is 0 Å². The fourth-order valence-electron chi connectivity index (χ4n) is 1.97. The summed E-state index contributed by atoms with van der Waals surface area (Å²) in [6.07, 6.45) is 2.43. The molecule has 104 valence electrons. The number of nitrogens with one attached hydrogen (secondary N) is 1. The van der Waals surface area contributed by atoms with Crippen molar-refractivity contribution in [3.05, 3.63) is 51.2 Å². The molecule has 3 rings (SSSR count). The molecule has 0 radical (unpaired) electrons. The summed E-state index contributed by atoms with van der Waals surface area (Å²) in [5.74, 6) is 1.35. The number of halogens is 1. The molecular weight excluding hydrogens is 280 g/mol. The lowest BCUT2D eigenvalue weighted by molar-refractivity contribution is -0.384. The minimum Gasteiger partial charge on any atom is -0.460 e. The van der Waals surface area contributed by atoms with Crippen molar-refractivity contribution in [3.8, 4) is 11.3 Å². The van der Waals surface area contributed by atoms with Crippen molar-refractivity contribution in [1.29, 1.82) is 0 Å². The normalized spacial score (nSPS) is 14.4. The molecule has 5 nitrogen and oxygen atoms in total. The van der Waals surface area contributed by atoms with Crippen molar-refractivity contribution in [2.24, 2.45) is 0 Å². The third kappa shape index (κ3) is 2.84. The molecule has 20 heavy (non-hydrogen) atoms. The average Bonchev–Trinajstić information content (AvgIpc) is 3.14. The zero-order chi connectivity index (χ0) is 14.1. The molecule has 0 bridgehead atoms. The zero-order valence-corrected chi connectivity index (χ0v) is 11.4. The number of hydrogen-bond donors (Lipinski definition) is 1. The van der Waals surface area contributed by atoms with Gasteiger partial charge in [0.15, 0.2) is 0 Å². The molecule has 2 aromatic rings. The third-order valence-electron chi connectivity index (χ3n) is 3.23. The Morgan fingerprint density at radius 3 is 2.85 bits per heavy atom. The van der Waals surface area contributed by atoms with Gasteiger partial charge in [0.2, 0.25) is 0 Å². The molecular formula is C14H13ClN2O3. The number of rotatable bonds is 5. The first-order valence-corrected chi connectivity index (χ1v) is 6.77. The van der Waals surface area contributed by atoms with Crippen LogP contribution in [0.1, 0.15) is 18.6 Å². The summed E-state index contributed by atoms with van der Waals surface area (Å²) in [6, 6.07) is 8.57. The van der Waals surface area contributed by atoms with E-state index in [4.69, 9.17) is 16.0 Å². The number of nitro benzene ring substituents is 1. The maximum atomic E-state index is 10.8.